The average molecular weight is 308 g/mol. The van der Waals surface area contributed by atoms with Gasteiger partial charge in [0.05, 0.1) is 0 Å². The van der Waals surface area contributed by atoms with Crippen molar-refractivity contribution in [2.24, 2.45) is 0 Å². The van der Waals surface area contributed by atoms with Gasteiger partial charge in [-0.3, -0.25) is 0 Å². The summed E-state index contributed by atoms with van der Waals surface area (Å²) in [5.41, 5.74) is -0.816. The molecule has 1 aromatic rings. The smallest absolute Gasteiger partial charge is 0.339 e. The Morgan fingerprint density at radius 1 is 1.07 bits per heavy atom. The first-order valence-electron chi connectivity index (χ1n) is 3.42. The Morgan fingerprint density at radius 3 is 1.71 bits per heavy atom. The maximum Gasteiger partial charge on any atom is 0.339 e. The summed E-state index contributed by atoms with van der Waals surface area (Å²) in [7, 11) is 0. The molecule has 5 nitrogen and oxygen atoms in total. The lowest BCUT2D eigenvalue weighted by Crippen LogP contribution is -2.04. The fraction of sp³-hybridized carbons (Fsp3) is 0. The van der Waals surface area contributed by atoms with Gasteiger partial charge in [-0.25, -0.2) is 9.59 Å². The number of halogens is 1. The average Bonchev–Trinajstić information content (AvgIpc) is 2.07. The van der Waals surface area contributed by atoms with E-state index in [1.54, 1.807) is 22.6 Å². The predicted molar refractivity (Wildman–Crippen MR) is 54.7 cm³/mol. The fourth-order valence-electron chi connectivity index (χ4n) is 0.925. The summed E-state index contributed by atoms with van der Waals surface area (Å²) in [6.45, 7) is 0. The number of carboxylic acids is 2. The van der Waals surface area contributed by atoms with Gasteiger partial charge in [-0.05, 0) is 34.7 Å². The predicted octanol–water partition coefficient (Wildman–Crippen LogP) is 1.39. The van der Waals surface area contributed by atoms with Gasteiger partial charge in [0.1, 0.15) is 16.9 Å². The van der Waals surface area contributed by atoms with E-state index in [-0.39, 0.29) is 0 Å². The maximum atomic E-state index is 10.6. The maximum absolute atomic E-state index is 10.6. The van der Waals surface area contributed by atoms with Crippen molar-refractivity contribution in [1.29, 1.82) is 0 Å². The topological polar surface area (TPSA) is 94.8 Å². The molecule has 0 bridgehead atoms. The van der Waals surface area contributed by atoms with Gasteiger partial charge in [-0.2, -0.15) is 0 Å². The SMILES string of the molecule is O=C(O)c1cc(I)cc(C(=O)O)c1O. The molecule has 0 spiro atoms. The molecule has 0 radical (unpaired) electrons. The van der Waals surface area contributed by atoms with E-state index < -0.39 is 28.8 Å². The van der Waals surface area contributed by atoms with Crippen LogP contribution in [0.5, 0.6) is 5.75 Å². The van der Waals surface area contributed by atoms with Crippen LogP contribution in [0.15, 0.2) is 12.1 Å². The third kappa shape index (κ3) is 1.95. The Balaban J connectivity index is 3.47. The normalized spacial score (nSPS) is 9.79. The number of hydrogen-bond acceptors (Lipinski definition) is 3. The summed E-state index contributed by atoms with van der Waals surface area (Å²) < 4.78 is 0.440. The Kier molecular flexibility index (Phi) is 2.94. The molecule has 0 aromatic heterocycles. The monoisotopic (exact) mass is 308 g/mol. The van der Waals surface area contributed by atoms with Gasteiger partial charge in [0.25, 0.3) is 0 Å². The molecule has 0 saturated carbocycles. The van der Waals surface area contributed by atoms with Gasteiger partial charge in [0.2, 0.25) is 0 Å². The van der Waals surface area contributed by atoms with Crippen LogP contribution in [-0.2, 0) is 0 Å². The number of rotatable bonds is 2. The molecule has 0 aliphatic heterocycles. The minimum Gasteiger partial charge on any atom is -0.506 e. The Hall–Kier alpha value is -1.31. The molecule has 0 unspecified atom stereocenters. The van der Waals surface area contributed by atoms with Crippen LogP contribution >= 0.6 is 22.6 Å². The van der Waals surface area contributed by atoms with Crippen LogP contribution in [0, 0.1) is 3.57 Å². The van der Waals surface area contributed by atoms with E-state index in [0.717, 1.165) is 0 Å². The van der Waals surface area contributed by atoms with Crippen LogP contribution in [0.3, 0.4) is 0 Å². The van der Waals surface area contributed by atoms with E-state index in [2.05, 4.69) is 0 Å². The molecule has 0 amide bonds. The summed E-state index contributed by atoms with van der Waals surface area (Å²) >= 11 is 1.78. The number of phenols is 1. The van der Waals surface area contributed by atoms with Crippen molar-refractivity contribution < 1.29 is 24.9 Å². The molecular weight excluding hydrogens is 303 g/mol. The lowest BCUT2D eigenvalue weighted by Gasteiger charge is -2.04. The van der Waals surface area contributed by atoms with E-state index in [1.807, 2.05) is 0 Å². The molecule has 74 valence electrons. The molecule has 0 aliphatic carbocycles. The van der Waals surface area contributed by atoms with Gasteiger partial charge in [-0.1, -0.05) is 0 Å². The van der Waals surface area contributed by atoms with Crippen LogP contribution in [0.1, 0.15) is 20.7 Å². The zero-order valence-electron chi connectivity index (χ0n) is 6.69. The highest BCUT2D eigenvalue weighted by Crippen LogP contribution is 2.25. The molecule has 0 heterocycles. The van der Waals surface area contributed by atoms with Crippen LogP contribution in [0.2, 0.25) is 0 Å². The fourth-order valence-corrected chi connectivity index (χ4v) is 1.55. The molecule has 1 aromatic carbocycles. The van der Waals surface area contributed by atoms with Crippen LogP contribution in [-0.4, -0.2) is 27.3 Å². The molecule has 0 fully saturated rings. The van der Waals surface area contributed by atoms with Crippen molar-refractivity contribution in [3.8, 4) is 5.75 Å². The third-order valence-electron chi connectivity index (χ3n) is 1.54. The second-order valence-electron chi connectivity index (χ2n) is 2.46. The molecule has 0 saturated heterocycles. The van der Waals surface area contributed by atoms with E-state index in [1.165, 1.54) is 12.1 Å². The highest BCUT2D eigenvalue weighted by Gasteiger charge is 2.18. The minimum absolute atomic E-state index is 0.408. The molecule has 1 rings (SSSR count). The lowest BCUT2D eigenvalue weighted by molar-refractivity contribution is 0.0691. The Labute approximate surface area is 92.1 Å². The number of hydrogen-bond donors (Lipinski definition) is 3. The van der Waals surface area contributed by atoms with E-state index in [4.69, 9.17) is 10.2 Å². The zero-order valence-corrected chi connectivity index (χ0v) is 8.85. The molecule has 3 N–H and O–H groups in total. The third-order valence-corrected chi connectivity index (χ3v) is 2.16. The van der Waals surface area contributed by atoms with Crippen LogP contribution in [0.25, 0.3) is 0 Å². The zero-order chi connectivity index (χ0) is 10.9. The first-order valence-corrected chi connectivity index (χ1v) is 4.50. The molecule has 0 atom stereocenters. The van der Waals surface area contributed by atoms with Gasteiger partial charge >= 0.3 is 11.9 Å². The summed E-state index contributed by atoms with van der Waals surface area (Å²) in [5.74, 6) is -3.43. The van der Waals surface area contributed by atoms with Gasteiger partial charge in [-0.15, -0.1) is 0 Å². The summed E-state index contributed by atoms with van der Waals surface area (Å²) in [4.78, 5) is 21.2. The van der Waals surface area contributed by atoms with Gasteiger partial charge < -0.3 is 15.3 Å². The summed E-state index contributed by atoms with van der Waals surface area (Å²) in [6, 6.07) is 2.40. The second-order valence-corrected chi connectivity index (χ2v) is 3.71. The van der Waals surface area contributed by atoms with E-state index >= 15 is 0 Å². The number of carboxylic acid groups (broad SMARTS) is 2. The van der Waals surface area contributed by atoms with Crippen molar-refractivity contribution in [2.45, 2.75) is 0 Å². The molecule has 14 heavy (non-hydrogen) atoms. The van der Waals surface area contributed by atoms with E-state index in [9.17, 15) is 14.7 Å². The first kappa shape index (κ1) is 10.8. The number of benzene rings is 1. The van der Waals surface area contributed by atoms with Crippen molar-refractivity contribution in [2.75, 3.05) is 0 Å². The van der Waals surface area contributed by atoms with Crippen LogP contribution < -0.4 is 0 Å². The Morgan fingerprint density at radius 2 is 1.43 bits per heavy atom. The summed E-state index contributed by atoms with van der Waals surface area (Å²) in [6.07, 6.45) is 0. The minimum atomic E-state index is -1.36. The van der Waals surface area contributed by atoms with Gasteiger partial charge in [0, 0.05) is 3.57 Å². The molecule has 0 aliphatic rings. The number of aromatic carboxylic acids is 2. The number of aromatic hydroxyl groups is 1. The van der Waals surface area contributed by atoms with Gasteiger partial charge in [0.15, 0.2) is 0 Å². The van der Waals surface area contributed by atoms with Crippen molar-refractivity contribution in [1.82, 2.24) is 0 Å². The largest absolute Gasteiger partial charge is 0.506 e. The molecule has 6 heteroatoms. The van der Waals surface area contributed by atoms with Crippen molar-refractivity contribution in [3.05, 3.63) is 26.8 Å². The second kappa shape index (κ2) is 3.82. The summed E-state index contributed by atoms with van der Waals surface area (Å²) in [5, 5.41) is 26.6. The molecular formula is C8H5IO5. The first-order chi connectivity index (χ1) is 6.43. The highest BCUT2D eigenvalue weighted by atomic mass is 127. The van der Waals surface area contributed by atoms with Crippen LogP contribution in [0.4, 0.5) is 0 Å². The standard InChI is InChI=1S/C8H5IO5/c9-3-1-4(7(11)12)6(10)5(2-3)8(13)14/h1-2,10H,(H,11,12)(H,13,14). The van der Waals surface area contributed by atoms with E-state index in [0.29, 0.717) is 3.57 Å². The van der Waals surface area contributed by atoms with Crippen molar-refractivity contribution in [3.63, 3.8) is 0 Å². The lowest BCUT2D eigenvalue weighted by atomic mass is 10.1. The Bertz CT molecular complexity index is 377. The number of carbonyl (C=O) groups is 2. The van der Waals surface area contributed by atoms with Crippen molar-refractivity contribution >= 4 is 34.5 Å². The quantitative estimate of drug-likeness (QED) is 0.718. The highest BCUT2D eigenvalue weighted by molar-refractivity contribution is 14.1.